The van der Waals surface area contributed by atoms with Crippen LogP contribution in [0.25, 0.3) is 0 Å². The van der Waals surface area contributed by atoms with E-state index in [-0.39, 0.29) is 24.3 Å². The SMILES string of the molecule is COc1ccc(C(=O)Nc2ccc3c(c2)[C@@]2(O[C@H](CCn4cc(C(CO)c5ccccc5)nn4)[C@@H]([Si](C)(C)F)[C@@H]2C)C(=O)N3C/C=C(\C)CCC=C(C)C)cc1. The minimum absolute atomic E-state index is 0.122. The maximum absolute atomic E-state index is 16.6. The Hall–Kier alpha value is -4.91. The zero-order valence-corrected chi connectivity index (χ0v) is 34.5. The molecule has 1 fully saturated rings. The molecule has 296 valence electrons. The number of carbonyl (C=O) groups is 2. The first-order valence-electron chi connectivity index (χ1n) is 19.4. The van der Waals surface area contributed by atoms with Crippen LogP contribution in [0.1, 0.15) is 80.1 Å². The van der Waals surface area contributed by atoms with E-state index in [9.17, 15) is 14.7 Å². The number of aromatic nitrogens is 3. The zero-order valence-electron chi connectivity index (χ0n) is 33.5. The number of methoxy groups -OCH3 is 1. The second-order valence-electron chi connectivity index (χ2n) is 15.8. The number of benzene rings is 3. The van der Waals surface area contributed by atoms with Crippen LogP contribution in [-0.4, -0.2) is 66.7 Å². The van der Waals surface area contributed by atoms with E-state index >= 15 is 4.11 Å². The Morgan fingerprint density at radius 3 is 2.48 bits per heavy atom. The topological polar surface area (TPSA) is 119 Å². The van der Waals surface area contributed by atoms with Crippen molar-refractivity contribution in [3.8, 4) is 5.75 Å². The number of hydrogen-bond donors (Lipinski definition) is 2. The second kappa shape index (κ2) is 17.1. The summed E-state index contributed by atoms with van der Waals surface area (Å²) < 4.78 is 30.6. The third kappa shape index (κ3) is 8.42. The van der Waals surface area contributed by atoms with E-state index in [1.54, 1.807) is 60.1 Å². The molecule has 0 saturated carbocycles. The molecule has 1 aromatic heterocycles. The number of nitrogens with zero attached hydrogens (tertiary/aromatic N) is 4. The number of aliphatic hydroxyl groups excluding tert-OH is 1. The van der Waals surface area contributed by atoms with Crippen molar-refractivity contribution >= 4 is 31.6 Å². The van der Waals surface area contributed by atoms with Crippen molar-refractivity contribution in [3.05, 3.63) is 125 Å². The molecule has 2 amide bonds. The molecule has 3 aromatic carbocycles. The van der Waals surface area contributed by atoms with E-state index < -0.39 is 31.6 Å². The molecule has 1 unspecified atom stereocenters. The highest BCUT2D eigenvalue weighted by molar-refractivity contribution is 6.72. The first-order chi connectivity index (χ1) is 26.8. The summed E-state index contributed by atoms with van der Waals surface area (Å²) in [4.78, 5) is 30.1. The number of aryl methyl sites for hydroxylation is 1. The summed E-state index contributed by atoms with van der Waals surface area (Å²) in [5.41, 5.74) is 4.29. The average molecular weight is 780 g/mol. The van der Waals surface area contributed by atoms with Crippen LogP contribution in [0.3, 0.4) is 0 Å². The van der Waals surface area contributed by atoms with Crippen LogP contribution >= 0.6 is 0 Å². The Morgan fingerprint density at radius 1 is 1.09 bits per heavy atom. The molecule has 3 heterocycles. The number of halogens is 1. The van der Waals surface area contributed by atoms with Crippen LogP contribution in [0.4, 0.5) is 15.5 Å². The summed E-state index contributed by atoms with van der Waals surface area (Å²) in [6, 6.07) is 22.0. The van der Waals surface area contributed by atoms with Crippen molar-refractivity contribution in [2.75, 3.05) is 30.5 Å². The summed E-state index contributed by atoms with van der Waals surface area (Å²) in [5, 5.41) is 21.9. The molecule has 5 atom stereocenters. The predicted molar refractivity (Wildman–Crippen MR) is 220 cm³/mol. The number of allylic oxidation sites excluding steroid dienone is 3. The van der Waals surface area contributed by atoms with Gasteiger partial charge in [-0.25, -0.2) is 0 Å². The van der Waals surface area contributed by atoms with Gasteiger partial charge in [0.05, 0.1) is 37.1 Å². The lowest BCUT2D eigenvalue weighted by Crippen LogP contribution is -2.45. The maximum atomic E-state index is 16.6. The smallest absolute Gasteiger partial charge is 0.264 e. The Labute approximate surface area is 330 Å². The fourth-order valence-electron chi connectivity index (χ4n) is 8.36. The standard InChI is InChI=1S/C44H54FN5O5Si/c1-29(2)12-11-13-30(3)22-25-50-39-21-18-34(46-42(52)33-16-19-35(54-5)20-17-33)26-37(39)44(43(50)53)31(4)41(56(6,7)45)40(55-44)23-24-49-27-38(47-48-49)36(28-51)32-14-9-8-10-15-32/h8-10,12,14-22,26-27,31,36,40-41,51H,11,13,23-25,28H2,1-7H3,(H,46,52)/b30-22+/t31-,36?,40+,41-,44+/m0/s1. The highest BCUT2D eigenvalue weighted by Crippen LogP contribution is 2.60. The molecule has 10 nitrogen and oxygen atoms in total. The van der Waals surface area contributed by atoms with Crippen molar-refractivity contribution < 1.29 is 28.3 Å². The van der Waals surface area contributed by atoms with Crippen molar-refractivity contribution in [3.63, 3.8) is 0 Å². The van der Waals surface area contributed by atoms with Crippen molar-refractivity contribution in [1.29, 1.82) is 0 Å². The third-order valence-corrected chi connectivity index (χ3v) is 13.7. The van der Waals surface area contributed by atoms with Gasteiger partial charge in [0.2, 0.25) is 8.41 Å². The van der Waals surface area contributed by atoms with Crippen molar-refractivity contribution in [2.24, 2.45) is 5.92 Å². The highest BCUT2D eigenvalue weighted by atomic mass is 28.4. The Balaban J connectivity index is 1.32. The van der Waals surface area contributed by atoms with Gasteiger partial charge in [-0.1, -0.05) is 65.8 Å². The Kier molecular flexibility index (Phi) is 12.4. The van der Waals surface area contributed by atoms with Gasteiger partial charge in [-0.2, -0.15) is 0 Å². The molecule has 56 heavy (non-hydrogen) atoms. The molecule has 12 heteroatoms. The van der Waals surface area contributed by atoms with Crippen LogP contribution in [0.15, 0.2) is 102 Å². The van der Waals surface area contributed by atoms with Gasteiger partial charge in [0.15, 0.2) is 5.60 Å². The molecule has 1 spiro atoms. The molecular weight excluding hydrogens is 726 g/mol. The number of anilines is 2. The second-order valence-corrected chi connectivity index (χ2v) is 19.6. The van der Waals surface area contributed by atoms with E-state index in [4.69, 9.17) is 9.47 Å². The van der Waals surface area contributed by atoms with E-state index in [0.29, 0.717) is 53.5 Å². The molecule has 6 rings (SSSR count). The monoisotopic (exact) mass is 779 g/mol. The van der Waals surface area contributed by atoms with Crippen LogP contribution in [0, 0.1) is 5.92 Å². The number of aliphatic hydroxyl groups is 1. The maximum Gasteiger partial charge on any atom is 0.264 e. The summed E-state index contributed by atoms with van der Waals surface area (Å²) in [5.74, 6) is -0.733. The van der Waals surface area contributed by atoms with E-state index in [1.165, 1.54) is 5.57 Å². The summed E-state index contributed by atoms with van der Waals surface area (Å²) in [7, 11) is -1.87. The highest BCUT2D eigenvalue weighted by Gasteiger charge is 2.66. The minimum Gasteiger partial charge on any atom is -0.497 e. The van der Waals surface area contributed by atoms with Gasteiger partial charge in [-0.05, 0) is 101 Å². The quantitative estimate of drug-likeness (QED) is 0.0705. The van der Waals surface area contributed by atoms with Gasteiger partial charge >= 0.3 is 0 Å². The molecular formula is C44H54FN5O5Si. The van der Waals surface area contributed by atoms with Crippen LogP contribution in [-0.2, 0) is 21.7 Å². The number of amides is 2. The van der Waals surface area contributed by atoms with E-state index in [2.05, 4.69) is 48.6 Å². The number of rotatable bonds is 15. The van der Waals surface area contributed by atoms with Crippen LogP contribution in [0.5, 0.6) is 5.75 Å². The Bertz CT molecular complexity index is 2070. The molecule has 0 aliphatic carbocycles. The number of nitrogens with one attached hydrogen (secondary N) is 1. The van der Waals surface area contributed by atoms with Gasteiger partial charge in [0, 0.05) is 47.6 Å². The van der Waals surface area contributed by atoms with Crippen molar-refractivity contribution in [1.82, 2.24) is 15.0 Å². The van der Waals surface area contributed by atoms with Gasteiger partial charge in [0.25, 0.3) is 11.8 Å². The van der Waals surface area contributed by atoms with Crippen LogP contribution in [0.2, 0.25) is 18.6 Å². The first-order valence-corrected chi connectivity index (χ1v) is 22.4. The zero-order chi connectivity index (χ0) is 40.2. The molecule has 2 N–H and O–H groups in total. The molecule has 2 aliphatic rings. The molecule has 2 aliphatic heterocycles. The number of hydrogen-bond acceptors (Lipinski definition) is 7. The first kappa shape index (κ1) is 40.7. The number of fused-ring (bicyclic) bond motifs is 2. The lowest BCUT2D eigenvalue weighted by Gasteiger charge is -2.31. The van der Waals surface area contributed by atoms with Crippen LogP contribution < -0.4 is 15.0 Å². The normalized spacial score (nSPS) is 21.3. The average Bonchev–Trinajstić information content (AvgIpc) is 3.83. The summed E-state index contributed by atoms with van der Waals surface area (Å²) in [6.45, 7) is 12.1. The molecule has 0 bridgehead atoms. The summed E-state index contributed by atoms with van der Waals surface area (Å²) >= 11 is 0. The minimum atomic E-state index is -3.44. The largest absolute Gasteiger partial charge is 0.497 e. The van der Waals surface area contributed by atoms with Gasteiger partial charge in [0.1, 0.15) is 5.75 Å². The van der Waals surface area contributed by atoms with Crippen molar-refractivity contribution in [2.45, 2.75) is 89.8 Å². The van der Waals surface area contributed by atoms with Gasteiger partial charge in [-0.3, -0.25) is 14.3 Å². The molecule has 1 saturated heterocycles. The fraction of sp³-hybridized carbons (Fsp3) is 0.409. The van der Waals surface area contributed by atoms with Gasteiger partial charge < -0.3 is 28.9 Å². The number of carbonyl (C=O) groups excluding carboxylic acids is 2. The lowest BCUT2D eigenvalue weighted by molar-refractivity contribution is -0.145. The van der Waals surface area contributed by atoms with E-state index in [1.807, 2.05) is 55.6 Å². The van der Waals surface area contributed by atoms with Gasteiger partial charge in [-0.15, -0.1) is 5.10 Å². The fourth-order valence-corrected chi connectivity index (χ4v) is 10.9. The predicted octanol–water partition coefficient (Wildman–Crippen LogP) is 8.57. The summed E-state index contributed by atoms with van der Waals surface area (Å²) in [6.07, 6.45) is 7.69. The van der Waals surface area contributed by atoms with E-state index in [0.717, 1.165) is 24.0 Å². The lowest BCUT2D eigenvalue weighted by atomic mass is 9.82. The number of ether oxygens (including phenoxy) is 2. The molecule has 4 aromatic rings. The molecule has 0 radical (unpaired) electrons. The Morgan fingerprint density at radius 2 is 1.82 bits per heavy atom. The third-order valence-electron chi connectivity index (χ3n) is 11.2.